The molecule has 0 radical (unpaired) electrons. The lowest BCUT2D eigenvalue weighted by Crippen LogP contribution is -2.53. The first-order valence-corrected chi connectivity index (χ1v) is 7.75. The van der Waals surface area contributed by atoms with E-state index in [4.69, 9.17) is 20.9 Å². The Hall–Kier alpha value is -1.17. The molecule has 0 spiro atoms. The molecule has 5 nitrogen and oxygen atoms in total. The highest BCUT2D eigenvalue weighted by Crippen LogP contribution is 2.37. The number of fused-ring (bicyclic) bond motifs is 4. The zero-order chi connectivity index (χ0) is 14.4. The number of nitrogens with zero attached hydrogens (tertiary/aromatic N) is 2. The zero-order valence-corrected chi connectivity index (χ0v) is 13.9. The summed E-state index contributed by atoms with van der Waals surface area (Å²) in [5, 5.41) is 9.11. The molecule has 1 aromatic heterocycles. The lowest BCUT2D eigenvalue weighted by Gasteiger charge is -2.44. The summed E-state index contributed by atoms with van der Waals surface area (Å²) in [6.45, 7) is 3.54. The Balaban J connectivity index is 0.00000144. The Kier molecular flexibility index (Phi) is 4.39. The molecule has 0 unspecified atom stereocenters. The van der Waals surface area contributed by atoms with Gasteiger partial charge in [-0.2, -0.15) is 0 Å². The first kappa shape index (κ1) is 15.7. The summed E-state index contributed by atoms with van der Waals surface area (Å²) in [5.74, 6) is 2.12. The van der Waals surface area contributed by atoms with Crippen molar-refractivity contribution in [3.05, 3.63) is 17.2 Å². The number of halogens is 2. The SMILES string of the molecule is COc1ccc2c(N[C@@H]3CN4CCC3CC4)noc2c1Cl.Cl. The molecule has 3 aliphatic rings. The van der Waals surface area contributed by atoms with Crippen LogP contribution in [0.4, 0.5) is 5.82 Å². The Morgan fingerprint density at radius 1 is 1.36 bits per heavy atom. The van der Waals surface area contributed by atoms with Crippen LogP contribution in [0.3, 0.4) is 0 Å². The van der Waals surface area contributed by atoms with E-state index in [0.29, 0.717) is 22.4 Å². The second-order valence-corrected chi connectivity index (χ2v) is 6.26. The third kappa shape index (κ3) is 2.51. The van der Waals surface area contributed by atoms with Gasteiger partial charge < -0.3 is 19.5 Å². The molecular weight excluding hydrogens is 325 g/mol. The van der Waals surface area contributed by atoms with Crippen molar-refractivity contribution in [2.24, 2.45) is 5.92 Å². The highest BCUT2D eigenvalue weighted by Gasteiger charge is 2.34. The fourth-order valence-corrected chi connectivity index (χ4v) is 3.80. The number of rotatable bonds is 3. The molecule has 3 aliphatic heterocycles. The quantitative estimate of drug-likeness (QED) is 0.925. The van der Waals surface area contributed by atoms with Crippen LogP contribution in [0.5, 0.6) is 5.75 Å². The maximum Gasteiger partial charge on any atom is 0.191 e. The van der Waals surface area contributed by atoms with Crippen LogP contribution in [-0.2, 0) is 0 Å². The molecule has 2 bridgehead atoms. The van der Waals surface area contributed by atoms with Crippen LogP contribution in [0.15, 0.2) is 16.7 Å². The fraction of sp³-hybridized carbons (Fsp3) is 0.533. The van der Waals surface area contributed by atoms with Gasteiger partial charge in [0.15, 0.2) is 11.4 Å². The van der Waals surface area contributed by atoms with Crippen LogP contribution >= 0.6 is 24.0 Å². The van der Waals surface area contributed by atoms with E-state index in [1.54, 1.807) is 7.11 Å². The van der Waals surface area contributed by atoms with Crippen molar-refractivity contribution in [3.8, 4) is 5.75 Å². The minimum Gasteiger partial charge on any atom is -0.495 e. The molecule has 1 atom stereocenters. The summed E-state index contributed by atoms with van der Waals surface area (Å²) in [7, 11) is 1.59. The monoisotopic (exact) mass is 343 g/mol. The van der Waals surface area contributed by atoms with Crippen LogP contribution in [-0.4, -0.2) is 42.8 Å². The Labute approximate surface area is 140 Å². The van der Waals surface area contributed by atoms with Crippen LogP contribution in [0, 0.1) is 5.92 Å². The minimum atomic E-state index is 0. The van der Waals surface area contributed by atoms with Gasteiger partial charge in [0.1, 0.15) is 10.8 Å². The maximum atomic E-state index is 6.27. The second kappa shape index (κ2) is 6.14. The Bertz CT molecular complexity index is 668. The van der Waals surface area contributed by atoms with Crippen molar-refractivity contribution in [1.29, 1.82) is 0 Å². The van der Waals surface area contributed by atoms with Crippen LogP contribution < -0.4 is 10.1 Å². The number of anilines is 1. The summed E-state index contributed by atoms with van der Waals surface area (Å²) >= 11 is 6.27. The normalized spacial score (nSPS) is 26.7. The number of ether oxygens (including phenoxy) is 1. The zero-order valence-electron chi connectivity index (χ0n) is 12.3. The molecule has 3 fully saturated rings. The number of methoxy groups -OCH3 is 1. The van der Waals surface area contributed by atoms with Crippen molar-refractivity contribution in [2.45, 2.75) is 18.9 Å². The molecule has 1 aromatic carbocycles. The molecule has 4 heterocycles. The maximum absolute atomic E-state index is 6.27. The average Bonchev–Trinajstić information content (AvgIpc) is 2.93. The molecule has 0 aliphatic carbocycles. The molecule has 2 aromatic rings. The van der Waals surface area contributed by atoms with E-state index in [2.05, 4.69) is 15.4 Å². The first-order valence-electron chi connectivity index (χ1n) is 7.37. The van der Waals surface area contributed by atoms with E-state index in [0.717, 1.165) is 23.7 Å². The van der Waals surface area contributed by atoms with E-state index >= 15 is 0 Å². The van der Waals surface area contributed by atoms with Gasteiger partial charge in [-0.3, -0.25) is 0 Å². The van der Waals surface area contributed by atoms with Gasteiger partial charge >= 0.3 is 0 Å². The molecule has 0 saturated carbocycles. The largest absolute Gasteiger partial charge is 0.495 e. The molecule has 120 valence electrons. The van der Waals surface area contributed by atoms with E-state index < -0.39 is 0 Å². The van der Waals surface area contributed by atoms with Crippen molar-refractivity contribution in [2.75, 3.05) is 32.1 Å². The predicted molar refractivity (Wildman–Crippen MR) is 89.4 cm³/mol. The molecule has 5 rings (SSSR count). The van der Waals surface area contributed by atoms with E-state index in [1.165, 1.54) is 25.9 Å². The molecule has 3 saturated heterocycles. The highest BCUT2D eigenvalue weighted by atomic mass is 35.5. The second-order valence-electron chi connectivity index (χ2n) is 5.88. The van der Waals surface area contributed by atoms with Crippen molar-refractivity contribution in [1.82, 2.24) is 10.1 Å². The third-order valence-electron chi connectivity index (χ3n) is 4.74. The Morgan fingerprint density at radius 3 is 2.77 bits per heavy atom. The standard InChI is InChI=1S/C15H18ClN3O2.ClH/c1-20-12-3-2-10-14(13(12)16)21-18-15(10)17-11-8-19-6-4-9(11)5-7-19;/h2-3,9,11H,4-8H2,1H3,(H,17,18);1H/t11-;/m1./s1. The lowest BCUT2D eigenvalue weighted by molar-refractivity contribution is 0.0973. The van der Waals surface area contributed by atoms with Gasteiger partial charge in [-0.05, 0) is 44.0 Å². The third-order valence-corrected chi connectivity index (χ3v) is 5.10. The van der Waals surface area contributed by atoms with Gasteiger partial charge in [0.25, 0.3) is 0 Å². The van der Waals surface area contributed by atoms with Gasteiger partial charge in [0, 0.05) is 12.6 Å². The molecular formula is C15H19Cl2N3O2. The summed E-state index contributed by atoms with van der Waals surface area (Å²) in [5.41, 5.74) is 0.583. The van der Waals surface area contributed by atoms with E-state index in [-0.39, 0.29) is 12.4 Å². The van der Waals surface area contributed by atoms with Crippen molar-refractivity contribution in [3.63, 3.8) is 0 Å². The van der Waals surface area contributed by atoms with Crippen LogP contribution in [0.25, 0.3) is 11.0 Å². The predicted octanol–water partition coefficient (Wildman–Crippen LogP) is 3.42. The topological polar surface area (TPSA) is 50.5 Å². The molecule has 0 amide bonds. The summed E-state index contributed by atoms with van der Waals surface area (Å²) in [6, 6.07) is 4.24. The van der Waals surface area contributed by atoms with Gasteiger partial charge in [-0.25, -0.2) is 0 Å². The Morgan fingerprint density at radius 2 is 2.14 bits per heavy atom. The van der Waals surface area contributed by atoms with Crippen LogP contribution in [0.1, 0.15) is 12.8 Å². The molecule has 22 heavy (non-hydrogen) atoms. The summed E-state index contributed by atoms with van der Waals surface area (Å²) in [4.78, 5) is 2.51. The van der Waals surface area contributed by atoms with Gasteiger partial charge in [-0.1, -0.05) is 16.8 Å². The van der Waals surface area contributed by atoms with Crippen molar-refractivity contribution >= 4 is 40.8 Å². The van der Waals surface area contributed by atoms with Gasteiger partial charge in [0.2, 0.25) is 0 Å². The number of hydrogen-bond acceptors (Lipinski definition) is 5. The first-order chi connectivity index (χ1) is 10.3. The van der Waals surface area contributed by atoms with E-state index in [9.17, 15) is 0 Å². The summed E-state index contributed by atoms with van der Waals surface area (Å²) in [6.07, 6.45) is 2.53. The lowest BCUT2D eigenvalue weighted by atomic mass is 9.84. The minimum absolute atomic E-state index is 0. The number of hydrogen-bond donors (Lipinski definition) is 1. The molecule has 1 N–H and O–H groups in total. The fourth-order valence-electron chi connectivity index (χ4n) is 3.52. The van der Waals surface area contributed by atoms with Crippen molar-refractivity contribution < 1.29 is 9.26 Å². The average molecular weight is 344 g/mol. The number of benzene rings is 1. The van der Waals surface area contributed by atoms with Gasteiger partial charge in [0.05, 0.1) is 12.5 Å². The van der Waals surface area contributed by atoms with Crippen LogP contribution in [0.2, 0.25) is 5.02 Å². The van der Waals surface area contributed by atoms with Gasteiger partial charge in [-0.15, -0.1) is 12.4 Å². The highest BCUT2D eigenvalue weighted by molar-refractivity contribution is 6.36. The van der Waals surface area contributed by atoms with E-state index in [1.807, 2.05) is 12.1 Å². The molecule has 7 heteroatoms. The number of aromatic nitrogens is 1. The number of nitrogens with one attached hydrogen (secondary N) is 1. The smallest absolute Gasteiger partial charge is 0.191 e. The summed E-state index contributed by atoms with van der Waals surface area (Å²) < 4.78 is 10.6. The number of piperidine rings is 3.